The third-order valence-electron chi connectivity index (χ3n) is 5.19. The summed E-state index contributed by atoms with van der Waals surface area (Å²) in [4.78, 5) is 17.6. The number of thioether (sulfide) groups is 1. The highest BCUT2D eigenvalue weighted by Gasteiger charge is 2.37. The van der Waals surface area contributed by atoms with Gasteiger partial charge >= 0.3 is 0 Å². The summed E-state index contributed by atoms with van der Waals surface area (Å²) in [5.41, 5.74) is 1.32. The molecular weight excluding hydrogens is 434 g/mol. The van der Waals surface area contributed by atoms with Gasteiger partial charge in [0, 0.05) is 29.6 Å². The van der Waals surface area contributed by atoms with E-state index in [1.54, 1.807) is 17.0 Å². The first-order valence-electron chi connectivity index (χ1n) is 9.48. The summed E-state index contributed by atoms with van der Waals surface area (Å²) in [6, 6.07) is 4.99. The molecule has 3 aliphatic heterocycles. The maximum Gasteiger partial charge on any atom is 0.257 e. The number of hydrogen-bond donors (Lipinski definition) is 0. The van der Waals surface area contributed by atoms with Crippen LogP contribution in [0.1, 0.15) is 30.6 Å². The largest absolute Gasteiger partial charge is 0.334 e. The van der Waals surface area contributed by atoms with Crippen LogP contribution < -0.4 is 4.90 Å². The van der Waals surface area contributed by atoms with Gasteiger partial charge in [-0.2, -0.15) is 0 Å². The Balaban J connectivity index is 1.62. The normalized spacial score (nSPS) is 24.2. The van der Waals surface area contributed by atoms with Crippen LogP contribution >= 0.6 is 11.8 Å². The van der Waals surface area contributed by atoms with Crippen LogP contribution in [0.15, 0.2) is 27.5 Å². The number of sulfone groups is 1. The lowest BCUT2D eigenvalue weighted by Gasteiger charge is -2.30. The quantitative estimate of drug-likeness (QED) is 0.676. The van der Waals surface area contributed by atoms with Crippen LogP contribution in [0.3, 0.4) is 0 Å². The predicted octanol–water partition coefficient (Wildman–Crippen LogP) is 1.58. The molecule has 158 valence electrons. The molecule has 29 heavy (non-hydrogen) atoms. The van der Waals surface area contributed by atoms with Crippen molar-refractivity contribution in [2.75, 3.05) is 35.2 Å². The second kappa shape index (κ2) is 7.28. The Morgan fingerprint density at radius 1 is 1.28 bits per heavy atom. The van der Waals surface area contributed by atoms with Crippen LogP contribution in [0.2, 0.25) is 0 Å². The zero-order chi connectivity index (χ0) is 21.0. The number of anilines is 1. The number of rotatable bonds is 4. The first-order valence-corrected chi connectivity index (χ1v) is 13.7. The molecule has 11 heteroatoms. The van der Waals surface area contributed by atoms with E-state index in [-0.39, 0.29) is 35.1 Å². The van der Waals surface area contributed by atoms with Gasteiger partial charge in [-0.25, -0.2) is 16.8 Å². The van der Waals surface area contributed by atoms with E-state index in [9.17, 15) is 21.6 Å². The molecule has 1 aromatic carbocycles. The van der Waals surface area contributed by atoms with Crippen LogP contribution in [-0.4, -0.2) is 69.2 Å². The average Bonchev–Trinajstić information content (AvgIpc) is 3.16. The van der Waals surface area contributed by atoms with Crippen LogP contribution in [0.25, 0.3) is 0 Å². The number of amides is 1. The Morgan fingerprint density at radius 3 is 2.69 bits per heavy atom. The highest BCUT2D eigenvalue weighted by molar-refractivity contribution is 8.15. The highest BCUT2D eigenvalue weighted by atomic mass is 32.2. The Morgan fingerprint density at radius 2 is 2.03 bits per heavy atom. The molecule has 3 heterocycles. The van der Waals surface area contributed by atoms with E-state index >= 15 is 0 Å². The number of benzene rings is 1. The van der Waals surface area contributed by atoms with Crippen molar-refractivity contribution in [3.05, 3.63) is 23.8 Å². The first-order chi connectivity index (χ1) is 13.5. The van der Waals surface area contributed by atoms with E-state index in [2.05, 4.69) is 4.40 Å². The fraction of sp³-hybridized carbons (Fsp3) is 0.556. The molecule has 3 aliphatic rings. The molecule has 0 radical (unpaired) electrons. The number of carbonyl (C=O) groups excluding carboxylic acids is 1. The molecule has 4 rings (SSSR count). The van der Waals surface area contributed by atoms with Crippen LogP contribution in [0.5, 0.6) is 0 Å². The molecule has 0 aromatic heterocycles. The summed E-state index contributed by atoms with van der Waals surface area (Å²) in [5, 5.41) is 0.414. The zero-order valence-electron chi connectivity index (χ0n) is 16.2. The lowest BCUT2D eigenvalue weighted by atomic mass is 10.1. The molecule has 1 fully saturated rings. The number of sulfonamides is 1. The fourth-order valence-electron chi connectivity index (χ4n) is 3.84. The summed E-state index contributed by atoms with van der Waals surface area (Å²) in [5.74, 6) is 0.106. The molecule has 1 unspecified atom stereocenters. The molecule has 1 saturated heterocycles. The van der Waals surface area contributed by atoms with Crippen molar-refractivity contribution in [2.45, 2.75) is 31.2 Å². The van der Waals surface area contributed by atoms with Crippen molar-refractivity contribution in [3.63, 3.8) is 0 Å². The number of hydrogen-bond acceptors (Lipinski definition) is 7. The maximum absolute atomic E-state index is 13.3. The van der Waals surface area contributed by atoms with Gasteiger partial charge in [-0.3, -0.25) is 4.79 Å². The molecule has 1 atom stereocenters. The topological polar surface area (TPSA) is 104 Å². The highest BCUT2D eigenvalue weighted by Crippen LogP contribution is 2.42. The SMILES string of the molecule is CC(C)CN(C(=O)c1ccc2c(c1)SC1=NS(=O)(=O)CCN12)C1CCS(=O)(=O)C1. The zero-order valence-corrected chi connectivity index (χ0v) is 18.7. The average molecular weight is 458 g/mol. The minimum atomic E-state index is -3.44. The molecule has 1 amide bonds. The molecule has 8 nitrogen and oxygen atoms in total. The van der Waals surface area contributed by atoms with Gasteiger partial charge in [0.2, 0.25) is 0 Å². The van der Waals surface area contributed by atoms with E-state index in [1.807, 2.05) is 24.8 Å². The van der Waals surface area contributed by atoms with Crippen LogP contribution in [-0.2, 0) is 19.9 Å². The minimum Gasteiger partial charge on any atom is -0.334 e. The van der Waals surface area contributed by atoms with Crippen molar-refractivity contribution in [1.29, 1.82) is 0 Å². The monoisotopic (exact) mass is 457 g/mol. The number of carbonyl (C=O) groups is 1. The summed E-state index contributed by atoms with van der Waals surface area (Å²) in [6.45, 7) is 4.83. The van der Waals surface area contributed by atoms with E-state index in [1.165, 1.54) is 11.8 Å². The second-order valence-corrected chi connectivity index (χ2v) is 13.0. The number of nitrogens with zero attached hydrogens (tertiary/aromatic N) is 3. The van der Waals surface area contributed by atoms with Gasteiger partial charge in [-0.15, -0.1) is 4.40 Å². The Kier molecular flexibility index (Phi) is 5.19. The van der Waals surface area contributed by atoms with Gasteiger partial charge in [0.05, 0.1) is 22.9 Å². The second-order valence-electron chi connectivity index (χ2n) is 8.00. The van der Waals surface area contributed by atoms with Crippen molar-refractivity contribution in [3.8, 4) is 0 Å². The Bertz CT molecular complexity index is 1100. The molecule has 0 N–H and O–H groups in total. The first kappa shape index (κ1) is 20.7. The molecule has 0 bridgehead atoms. The minimum absolute atomic E-state index is 0.00753. The predicted molar refractivity (Wildman–Crippen MR) is 114 cm³/mol. The summed E-state index contributed by atoms with van der Waals surface area (Å²) in [6.07, 6.45) is 0.461. The Hall–Kier alpha value is -1.59. The summed E-state index contributed by atoms with van der Waals surface area (Å²) in [7, 11) is -6.54. The van der Waals surface area contributed by atoms with E-state index in [0.717, 1.165) is 10.6 Å². The third kappa shape index (κ3) is 4.17. The standard InChI is InChI=1S/C18H23N3O5S3/c1-12(2)10-21(14-5-7-28(23,24)11-14)17(22)13-3-4-15-16(9-13)27-18-19-29(25,26)8-6-20(15)18/h3-4,9,12,14H,5-8,10-11H2,1-2H3. The molecule has 0 spiro atoms. The molecular formula is C18H23N3O5S3. The lowest BCUT2D eigenvalue weighted by Crippen LogP contribution is -2.43. The lowest BCUT2D eigenvalue weighted by molar-refractivity contribution is 0.0672. The third-order valence-corrected chi connectivity index (χ3v) is 9.25. The van der Waals surface area contributed by atoms with Gasteiger partial charge in [-0.05, 0) is 42.3 Å². The van der Waals surface area contributed by atoms with Gasteiger partial charge in [0.25, 0.3) is 15.9 Å². The van der Waals surface area contributed by atoms with Crippen molar-refractivity contribution < 1.29 is 21.6 Å². The van der Waals surface area contributed by atoms with E-state index in [0.29, 0.717) is 30.2 Å². The van der Waals surface area contributed by atoms with E-state index < -0.39 is 19.9 Å². The summed E-state index contributed by atoms with van der Waals surface area (Å²) < 4.78 is 51.2. The van der Waals surface area contributed by atoms with Crippen LogP contribution in [0.4, 0.5) is 5.69 Å². The molecule has 0 saturated carbocycles. The maximum atomic E-state index is 13.3. The van der Waals surface area contributed by atoms with Crippen molar-refractivity contribution >= 4 is 48.4 Å². The van der Waals surface area contributed by atoms with Crippen molar-refractivity contribution in [2.24, 2.45) is 10.3 Å². The van der Waals surface area contributed by atoms with E-state index in [4.69, 9.17) is 0 Å². The number of fused-ring (bicyclic) bond motifs is 3. The molecule has 1 aromatic rings. The van der Waals surface area contributed by atoms with Crippen LogP contribution in [0, 0.1) is 5.92 Å². The van der Waals surface area contributed by atoms with Gasteiger partial charge in [-0.1, -0.05) is 13.8 Å². The number of amidine groups is 1. The van der Waals surface area contributed by atoms with Crippen molar-refractivity contribution in [1.82, 2.24) is 4.90 Å². The molecule has 0 aliphatic carbocycles. The van der Waals surface area contributed by atoms with Gasteiger partial charge in [0.15, 0.2) is 15.0 Å². The summed E-state index contributed by atoms with van der Waals surface area (Å²) >= 11 is 1.24. The van der Waals surface area contributed by atoms with Gasteiger partial charge < -0.3 is 9.80 Å². The van der Waals surface area contributed by atoms with Gasteiger partial charge in [0.1, 0.15) is 0 Å². The fourth-order valence-corrected chi connectivity index (χ4v) is 7.87. The Labute approximate surface area is 175 Å². The smallest absolute Gasteiger partial charge is 0.257 e.